The summed E-state index contributed by atoms with van der Waals surface area (Å²) >= 11 is 0. The fraction of sp³-hybridized carbons (Fsp3) is 0.771. The van der Waals surface area contributed by atoms with Gasteiger partial charge in [0.15, 0.2) is 5.79 Å². The highest BCUT2D eigenvalue weighted by Crippen LogP contribution is 2.46. The Kier molecular flexibility index (Phi) is 28.2. The van der Waals surface area contributed by atoms with Crippen LogP contribution in [0, 0.1) is 5.92 Å². The first-order valence-corrected chi connectivity index (χ1v) is 22.2. The van der Waals surface area contributed by atoms with E-state index in [2.05, 4.69) is 79.5 Å². The molecular weight excluding hydrogens is 639 g/mol. The van der Waals surface area contributed by atoms with Crippen LogP contribution < -0.4 is 0 Å². The van der Waals surface area contributed by atoms with Gasteiger partial charge in [-0.15, -0.1) is 0 Å². The average Bonchev–Trinajstić information content (AvgIpc) is 3.65. The number of allylic oxidation sites excluding steroid dienone is 10. The van der Waals surface area contributed by atoms with Gasteiger partial charge >= 0.3 is 0 Å². The quantitative estimate of drug-likeness (QED) is 0.0490. The lowest BCUT2D eigenvalue weighted by Gasteiger charge is -2.30. The molecule has 2 fully saturated rings. The van der Waals surface area contributed by atoms with Gasteiger partial charge in [0.1, 0.15) is 5.78 Å². The molecule has 2 unspecified atom stereocenters. The van der Waals surface area contributed by atoms with Crippen molar-refractivity contribution in [2.24, 2.45) is 5.92 Å². The molecule has 1 saturated carbocycles. The van der Waals surface area contributed by atoms with Crippen molar-refractivity contribution < 1.29 is 14.3 Å². The summed E-state index contributed by atoms with van der Waals surface area (Å²) in [5, 5.41) is 0. The molecule has 0 radical (unpaired) electrons. The van der Waals surface area contributed by atoms with Gasteiger partial charge in [-0.05, 0) is 110 Å². The van der Waals surface area contributed by atoms with Gasteiger partial charge in [0.2, 0.25) is 0 Å². The second-order valence-corrected chi connectivity index (χ2v) is 16.1. The standard InChI is InChI=1S/C48H83NO3/c1-5-7-9-11-13-15-17-19-21-23-25-27-29-31-33-35-38-48(51-46-42-44(43-47(46)52-48)41-45(50)37-40-49(3)4)39-36-34-32-30-28-26-24-22-20-18-16-14-12-10-8-6-2/h7,9,13-16,19-22,44,46-47H,5-6,8,10-12,17-18,23-43H2,1-4H3/b9-7-,15-13-,16-14-,21-19-,22-20-. The first kappa shape index (κ1) is 46.4. The Morgan fingerprint density at radius 2 is 1.00 bits per heavy atom. The van der Waals surface area contributed by atoms with Crippen LogP contribution >= 0.6 is 0 Å². The Bertz CT molecular complexity index is 993. The van der Waals surface area contributed by atoms with Gasteiger partial charge in [0.05, 0.1) is 12.2 Å². The molecule has 1 saturated heterocycles. The van der Waals surface area contributed by atoms with Gasteiger partial charge in [-0.1, -0.05) is 139 Å². The van der Waals surface area contributed by atoms with Crippen LogP contribution in [-0.2, 0) is 14.3 Å². The molecule has 0 bridgehead atoms. The third-order valence-electron chi connectivity index (χ3n) is 10.8. The summed E-state index contributed by atoms with van der Waals surface area (Å²) in [6.07, 6.45) is 56.2. The van der Waals surface area contributed by atoms with Gasteiger partial charge in [0, 0.05) is 32.2 Å². The molecule has 0 aromatic carbocycles. The third kappa shape index (κ3) is 23.8. The van der Waals surface area contributed by atoms with E-state index in [-0.39, 0.29) is 12.2 Å². The molecular formula is C48H83NO3. The van der Waals surface area contributed by atoms with Crippen molar-refractivity contribution in [1.29, 1.82) is 0 Å². The maximum atomic E-state index is 12.6. The Labute approximate surface area is 323 Å². The van der Waals surface area contributed by atoms with Crippen LogP contribution in [0.4, 0.5) is 0 Å². The maximum Gasteiger partial charge on any atom is 0.169 e. The molecule has 1 aliphatic heterocycles. The number of rotatable bonds is 34. The highest BCUT2D eigenvalue weighted by Gasteiger charge is 2.51. The zero-order valence-electron chi connectivity index (χ0n) is 34.7. The summed E-state index contributed by atoms with van der Waals surface area (Å²) in [4.78, 5) is 14.7. The number of unbranched alkanes of at least 4 members (excludes halogenated alkanes) is 15. The average molecular weight is 722 g/mol. The number of Topliss-reactive ketones (excluding diaryl/α,β-unsaturated/α-hetero) is 1. The van der Waals surface area contributed by atoms with Gasteiger partial charge in [-0.25, -0.2) is 0 Å². The van der Waals surface area contributed by atoms with Crippen LogP contribution in [0.1, 0.15) is 194 Å². The van der Waals surface area contributed by atoms with E-state index in [0.29, 0.717) is 24.5 Å². The van der Waals surface area contributed by atoms with Gasteiger partial charge in [0.25, 0.3) is 0 Å². The van der Waals surface area contributed by atoms with E-state index < -0.39 is 5.79 Å². The molecule has 52 heavy (non-hydrogen) atoms. The number of ether oxygens (including phenoxy) is 2. The Hall–Kier alpha value is -1.75. The minimum Gasteiger partial charge on any atom is -0.344 e. The lowest BCUT2D eigenvalue weighted by Crippen LogP contribution is -2.32. The van der Waals surface area contributed by atoms with Crippen LogP contribution in [-0.4, -0.2) is 49.3 Å². The molecule has 2 rings (SSSR count). The van der Waals surface area contributed by atoms with Crippen molar-refractivity contribution in [2.75, 3.05) is 20.6 Å². The minimum atomic E-state index is -0.393. The zero-order chi connectivity index (χ0) is 37.4. The SMILES string of the molecule is CC/C=C\C/C=C\C/C=C\CCCCCCCCC1(CCCCCCCC/C=C\C/C=C\CCCCC)OC2CC(CC(=O)CCN(C)C)CC2O1. The van der Waals surface area contributed by atoms with Gasteiger partial charge in [-0.3, -0.25) is 4.79 Å². The number of ketones is 1. The van der Waals surface area contributed by atoms with Gasteiger partial charge < -0.3 is 14.4 Å². The maximum absolute atomic E-state index is 12.6. The number of fused-ring (bicyclic) bond motifs is 1. The van der Waals surface area contributed by atoms with E-state index in [4.69, 9.17) is 9.47 Å². The number of nitrogens with zero attached hydrogens (tertiary/aromatic N) is 1. The van der Waals surface area contributed by atoms with Crippen LogP contribution in [0.5, 0.6) is 0 Å². The molecule has 0 spiro atoms. The summed E-state index contributed by atoms with van der Waals surface area (Å²) in [7, 11) is 4.08. The van der Waals surface area contributed by atoms with E-state index in [1.807, 2.05) is 14.1 Å². The van der Waals surface area contributed by atoms with Crippen LogP contribution in [0.3, 0.4) is 0 Å². The molecule has 0 N–H and O–H groups in total. The van der Waals surface area contributed by atoms with E-state index in [0.717, 1.165) is 57.9 Å². The number of hydrogen-bond donors (Lipinski definition) is 0. The second kappa shape index (κ2) is 31.6. The highest BCUT2D eigenvalue weighted by atomic mass is 16.8. The fourth-order valence-corrected chi connectivity index (χ4v) is 7.76. The van der Waals surface area contributed by atoms with Crippen molar-refractivity contribution in [3.05, 3.63) is 60.8 Å². The van der Waals surface area contributed by atoms with Gasteiger partial charge in [-0.2, -0.15) is 0 Å². The van der Waals surface area contributed by atoms with Crippen molar-refractivity contribution in [1.82, 2.24) is 4.90 Å². The summed E-state index contributed by atoms with van der Waals surface area (Å²) in [6, 6.07) is 0. The normalized spacial score (nSPS) is 22.2. The fourth-order valence-electron chi connectivity index (χ4n) is 7.76. The van der Waals surface area contributed by atoms with Crippen molar-refractivity contribution in [3.63, 3.8) is 0 Å². The predicted molar refractivity (Wildman–Crippen MR) is 226 cm³/mol. The van der Waals surface area contributed by atoms with Crippen LogP contribution in [0.2, 0.25) is 0 Å². The first-order valence-electron chi connectivity index (χ1n) is 22.2. The molecule has 0 aromatic heterocycles. The number of carbonyl (C=O) groups excluding carboxylic acids is 1. The summed E-state index contributed by atoms with van der Waals surface area (Å²) in [5.74, 6) is 0.421. The van der Waals surface area contributed by atoms with Crippen LogP contribution in [0.15, 0.2) is 60.8 Å². The van der Waals surface area contributed by atoms with Crippen LogP contribution in [0.25, 0.3) is 0 Å². The van der Waals surface area contributed by atoms with Crippen molar-refractivity contribution in [3.8, 4) is 0 Å². The molecule has 298 valence electrons. The van der Waals surface area contributed by atoms with E-state index in [9.17, 15) is 4.79 Å². The molecule has 2 aliphatic rings. The molecule has 1 heterocycles. The molecule has 4 heteroatoms. The topological polar surface area (TPSA) is 38.8 Å². The molecule has 1 aliphatic carbocycles. The lowest BCUT2D eigenvalue weighted by atomic mass is 9.97. The summed E-state index contributed by atoms with van der Waals surface area (Å²) < 4.78 is 13.7. The molecule has 0 amide bonds. The Balaban J connectivity index is 1.64. The van der Waals surface area contributed by atoms with Crippen molar-refractivity contribution in [2.45, 2.75) is 212 Å². The Morgan fingerprint density at radius 1 is 0.577 bits per heavy atom. The second-order valence-electron chi connectivity index (χ2n) is 16.1. The molecule has 0 aromatic rings. The smallest absolute Gasteiger partial charge is 0.169 e. The summed E-state index contributed by atoms with van der Waals surface area (Å²) in [5.41, 5.74) is 0. The monoisotopic (exact) mass is 722 g/mol. The summed E-state index contributed by atoms with van der Waals surface area (Å²) in [6.45, 7) is 5.29. The minimum absolute atomic E-state index is 0.178. The lowest BCUT2D eigenvalue weighted by molar-refractivity contribution is -0.193. The van der Waals surface area contributed by atoms with E-state index in [1.54, 1.807) is 0 Å². The van der Waals surface area contributed by atoms with E-state index >= 15 is 0 Å². The predicted octanol–water partition coefficient (Wildman–Crippen LogP) is 14.0. The first-order chi connectivity index (χ1) is 25.5. The highest BCUT2D eigenvalue weighted by molar-refractivity contribution is 5.78. The van der Waals surface area contributed by atoms with Crippen molar-refractivity contribution >= 4 is 5.78 Å². The number of hydrogen-bond acceptors (Lipinski definition) is 4. The van der Waals surface area contributed by atoms with E-state index in [1.165, 1.54) is 116 Å². The molecule has 2 atom stereocenters. The largest absolute Gasteiger partial charge is 0.344 e. The third-order valence-corrected chi connectivity index (χ3v) is 10.8. The number of carbonyl (C=O) groups is 1. The molecule has 4 nitrogen and oxygen atoms in total. The Morgan fingerprint density at radius 3 is 1.46 bits per heavy atom. The zero-order valence-corrected chi connectivity index (χ0v) is 34.7.